The second-order valence-corrected chi connectivity index (χ2v) is 6.07. The van der Waals surface area contributed by atoms with Gasteiger partial charge in [0, 0.05) is 36.4 Å². The largest absolute Gasteiger partial charge is 0.496 e. The van der Waals surface area contributed by atoms with Gasteiger partial charge in [0.25, 0.3) is 0 Å². The zero-order valence-electron chi connectivity index (χ0n) is 12.0. The molecule has 1 heterocycles. The van der Waals surface area contributed by atoms with Crippen LogP contribution in [0.2, 0.25) is 0 Å². The monoisotopic (exact) mass is 354 g/mol. The molecule has 0 spiro atoms. The lowest BCUT2D eigenvalue weighted by Gasteiger charge is -2.15. The van der Waals surface area contributed by atoms with Crippen LogP contribution >= 0.6 is 15.9 Å². The van der Waals surface area contributed by atoms with Gasteiger partial charge in [-0.15, -0.1) is 0 Å². The molecule has 1 aliphatic heterocycles. The molecule has 0 bridgehead atoms. The van der Waals surface area contributed by atoms with Crippen molar-refractivity contribution in [2.45, 2.75) is 25.3 Å². The molecule has 1 fully saturated rings. The molecule has 1 amide bonds. The molecule has 21 heavy (non-hydrogen) atoms. The molecular formula is C15H19BrN2O3. The molecule has 1 aliphatic rings. The van der Waals surface area contributed by atoms with Gasteiger partial charge in [-0.05, 0) is 24.6 Å². The number of Topliss-reactive ketones (excluding diaryl/α,β-unsaturated/α-hetero) is 1. The first-order valence-electron chi connectivity index (χ1n) is 6.91. The maximum Gasteiger partial charge on any atom is 0.223 e. The Kier molecular flexibility index (Phi) is 5.36. The highest BCUT2D eigenvalue weighted by Gasteiger charge is 2.24. The molecule has 114 valence electrons. The summed E-state index contributed by atoms with van der Waals surface area (Å²) < 4.78 is 6.00. The van der Waals surface area contributed by atoms with E-state index in [9.17, 15) is 9.59 Å². The Balaban J connectivity index is 1.95. The van der Waals surface area contributed by atoms with Crippen molar-refractivity contribution in [3.05, 3.63) is 28.2 Å². The van der Waals surface area contributed by atoms with E-state index in [4.69, 9.17) is 10.5 Å². The number of methoxy groups -OCH3 is 1. The summed E-state index contributed by atoms with van der Waals surface area (Å²) in [5.74, 6) is 0.425. The molecule has 1 saturated heterocycles. The van der Waals surface area contributed by atoms with Gasteiger partial charge in [0.05, 0.1) is 12.7 Å². The molecule has 5 nitrogen and oxygen atoms in total. The Morgan fingerprint density at radius 1 is 1.43 bits per heavy atom. The Morgan fingerprint density at radius 2 is 2.19 bits per heavy atom. The van der Waals surface area contributed by atoms with Gasteiger partial charge in [-0.3, -0.25) is 9.59 Å². The SMILES string of the molecule is COc1ccc(Br)cc1C(=O)CCC(=O)N1CC[C@@H](N)C1. The number of hydrogen-bond acceptors (Lipinski definition) is 4. The fourth-order valence-corrected chi connectivity index (χ4v) is 2.79. The number of nitrogens with two attached hydrogens (primary N) is 1. The number of ether oxygens (including phenoxy) is 1. The summed E-state index contributed by atoms with van der Waals surface area (Å²) in [5, 5.41) is 0. The number of halogens is 1. The normalized spacial score (nSPS) is 17.9. The molecule has 2 N–H and O–H groups in total. The zero-order chi connectivity index (χ0) is 15.4. The van der Waals surface area contributed by atoms with Crippen LogP contribution in [0, 0.1) is 0 Å². The summed E-state index contributed by atoms with van der Waals surface area (Å²) in [6, 6.07) is 5.33. The van der Waals surface area contributed by atoms with Crippen molar-refractivity contribution >= 4 is 27.6 Å². The molecule has 0 unspecified atom stereocenters. The first-order chi connectivity index (χ1) is 10.0. The quantitative estimate of drug-likeness (QED) is 0.820. The summed E-state index contributed by atoms with van der Waals surface area (Å²) in [4.78, 5) is 26.0. The van der Waals surface area contributed by atoms with Crippen LogP contribution in [0.1, 0.15) is 29.6 Å². The first-order valence-corrected chi connectivity index (χ1v) is 7.70. The predicted octanol–water partition coefficient (Wildman–Crippen LogP) is 1.98. The van der Waals surface area contributed by atoms with Gasteiger partial charge in [-0.1, -0.05) is 15.9 Å². The number of rotatable bonds is 5. The fraction of sp³-hybridized carbons (Fsp3) is 0.467. The van der Waals surface area contributed by atoms with Gasteiger partial charge in [-0.25, -0.2) is 0 Å². The smallest absolute Gasteiger partial charge is 0.223 e. The number of carbonyl (C=O) groups is 2. The molecule has 1 atom stereocenters. The van der Waals surface area contributed by atoms with Gasteiger partial charge in [0.1, 0.15) is 5.75 Å². The van der Waals surface area contributed by atoms with E-state index in [1.54, 1.807) is 17.0 Å². The molecule has 0 aliphatic carbocycles. The first kappa shape index (κ1) is 16.0. The maximum atomic E-state index is 12.3. The summed E-state index contributed by atoms with van der Waals surface area (Å²) in [6.07, 6.45) is 1.22. The fourth-order valence-electron chi connectivity index (χ4n) is 2.43. The van der Waals surface area contributed by atoms with Crippen molar-refractivity contribution in [3.8, 4) is 5.75 Å². The predicted molar refractivity (Wildman–Crippen MR) is 83.4 cm³/mol. The van der Waals surface area contributed by atoms with Crippen LogP contribution in [-0.2, 0) is 4.79 Å². The molecule has 1 aromatic carbocycles. The molecule has 0 saturated carbocycles. The van der Waals surface area contributed by atoms with Gasteiger partial charge in [0.2, 0.25) is 5.91 Å². The number of amides is 1. The second-order valence-electron chi connectivity index (χ2n) is 5.16. The van der Waals surface area contributed by atoms with E-state index in [1.807, 2.05) is 6.07 Å². The van der Waals surface area contributed by atoms with E-state index in [1.165, 1.54) is 7.11 Å². The average molecular weight is 355 g/mol. The number of hydrogen-bond donors (Lipinski definition) is 1. The minimum Gasteiger partial charge on any atom is -0.496 e. The number of nitrogens with zero attached hydrogens (tertiary/aromatic N) is 1. The van der Waals surface area contributed by atoms with Gasteiger partial charge >= 0.3 is 0 Å². The number of carbonyl (C=O) groups excluding carboxylic acids is 2. The number of likely N-dealkylation sites (tertiary alicyclic amines) is 1. The molecular weight excluding hydrogens is 336 g/mol. The summed E-state index contributed by atoms with van der Waals surface area (Å²) in [6.45, 7) is 1.28. The minimum absolute atomic E-state index is 0.00902. The third-order valence-electron chi connectivity index (χ3n) is 3.61. The highest BCUT2D eigenvalue weighted by molar-refractivity contribution is 9.10. The zero-order valence-corrected chi connectivity index (χ0v) is 13.6. The Hall–Kier alpha value is -1.40. The molecule has 1 aromatic rings. The lowest BCUT2D eigenvalue weighted by Crippen LogP contribution is -2.32. The van der Waals surface area contributed by atoms with Crippen molar-refractivity contribution in [2.75, 3.05) is 20.2 Å². The van der Waals surface area contributed by atoms with Crippen LogP contribution in [0.15, 0.2) is 22.7 Å². The van der Waals surface area contributed by atoms with Crippen molar-refractivity contribution in [3.63, 3.8) is 0 Å². The molecule has 2 rings (SSSR count). The minimum atomic E-state index is -0.0926. The number of benzene rings is 1. The lowest BCUT2D eigenvalue weighted by molar-refractivity contribution is -0.130. The highest BCUT2D eigenvalue weighted by Crippen LogP contribution is 2.24. The van der Waals surface area contributed by atoms with Crippen LogP contribution in [0.4, 0.5) is 0 Å². The Labute approximate surface area is 132 Å². The maximum absolute atomic E-state index is 12.3. The number of ketones is 1. The standard InChI is InChI=1S/C15H19BrN2O3/c1-21-14-4-2-10(16)8-12(14)13(19)3-5-15(20)18-7-6-11(17)9-18/h2,4,8,11H,3,5-7,9,17H2,1H3/t11-/m1/s1. The van der Waals surface area contributed by atoms with Gasteiger partial charge in [0.15, 0.2) is 5.78 Å². The Bertz CT molecular complexity index is 548. The van der Waals surface area contributed by atoms with Gasteiger partial charge in [-0.2, -0.15) is 0 Å². The summed E-state index contributed by atoms with van der Waals surface area (Å²) >= 11 is 3.34. The second kappa shape index (κ2) is 7.04. The van der Waals surface area contributed by atoms with E-state index < -0.39 is 0 Å². The van der Waals surface area contributed by atoms with E-state index >= 15 is 0 Å². The molecule has 0 aromatic heterocycles. The average Bonchev–Trinajstić information content (AvgIpc) is 2.91. The van der Waals surface area contributed by atoms with E-state index in [0.717, 1.165) is 10.9 Å². The van der Waals surface area contributed by atoms with Crippen molar-refractivity contribution in [1.29, 1.82) is 0 Å². The third-order valence-corrected chi connectivity index (χ3v) is 4.10. The topological polar surface area (TPSA) is 72.6 Å². The van der Waals surface area contributed by atoms with E-state index in [0.29, 0.717) is 24.4 Å². The van der Waals surface area contributed by atoms with E-state index in [-0.39, 0.29) is 30.6 Å². The Morgan fingerprint density at radius 3 is 2.81 bits per heavy atom. The lowest BCUT2D eigenvalue weighted by atomic mass is 10.1. The summed E-state index contributed by atoms with van der Waals surface area (Å²) in [5.41, 5.74) is 6.28. The molecule has 0 radical (unpaired) electrons. The van der Waals surface area contributed by atoms with Crippen LogP contribution in [0.3, 0.4) is 0 Å². The van der Waals surface area contributed by atoms with Crippen molar-refractivity contribution in [1.82, 2.24) is 4.90 Å². The van der Waals surface area contributed by atoms with Crippen LogP contribution < -0.4 is 10.5 Å². The van der Waals surface area contributed by atoms with Crippen LogP contribution in [-0.4, -0.2) is 42.8 Å². The third kappa shape index (κ3) is 4.04. The van der Waals surface area contributed by atoms with Crippen LogP contribution in [0.5, 0.6) is 5.75 Å². The van der Waals surface area contributed by atoms with Crippen LogP contribution in [0.25, 0.3) is 0 Å². The van der Waals surface area contributed by atoms with Gasteiger partial charge < -0.3 is 15.4 Å². The van der Waals surface area contributed by atoms with Crippen molar-refractivity contribution < 1.29 is 14.3 Å². The van der Waals surface area contributed by atoms with E-state index in [2.05, 4.69) is 15.9 Å². The summed E-state index contributed by atoms with van der Waals surface area (Å²) in [7, 11) is 1.52. The van der Waals surface area contributed by atoms with Crippen molar-refractivity contribution in [2.24, 2.45) is 5.73 Å². The molecule has 6 heteroatoms. The highest BCUT2D eigenvalue weighted by atomic mass is 79.9.